The monoisotopic (exact) mass is 283 g/mol. The second-order valence-corrected chi connectivity index (χ2v) is 5.15. The third-order valence-electron chi connectivity index (χ3n) is 2.73. The lowest BCUT2D eigenvalue weighted by Crippen LogP contribution is -2.06. The van der Waals surface area contributed by atoms with Crippen molar-refractivity contribution in [1.82, 2.24) is 0 Å². The molecular weight excluding hydrogens is 270 g/mol. The number of aryl methyl sites for hydroxylation is 1. The van der Waals surface area contributed by atoms with E-state index in [9.17, 15) is 4.79 Å². The van der Waals surface area contributed by atoms with Crippen molar-refractivity contribution in [3.05, 3.63) is 63.4 Å². The molecule has 20 heavy (non-hydrogen) atoms. The fourth-order valence-electron chi connectivity index (χ4n) is 1.60. The summed E-state index contributed by atoms with van der Waals surface area (Å²) >= 11 is 1.49. The number of ether oxygens (including phenoxy) is 1. The molecule has 1 heterocycles. The number of nitriles is 1. The molecule has 0 saturated carbocycles. The third kappa shape index (κ3) is 3.56. The van der Waals surface area contributed by atoms with Crippen molar-refractivity contribution in [2.45, 2.75) is 13.5 Å². The van der Waals surface area contributed by atoms with E-state index < -0.39 is 5.97 Å². The van der Waals surface area contributed by atoms with Crippen molar-refractivity contribution >= 4 is 23.4 Å². The van der Waals surface area contributed by atoms with E-state index in [1.54, 1.807) is 6.08 Å². The van der Waals surface area contributed by atoms with Crippen LogP contribution in [0.4, 0.5) is 0 Å². The largest absolute Gasteiger partial charge is 0.457 e. The zero-order valence-electron chi connectivity index (χ0n) is 11.0. The number of thiophene rings is 1. The minimum Gasteiger partial charge on any atom is -0.457 e. The van der Waals surface area contributed by atoms with E-state index in [1.807, 2.05) is 54.8 Å². The van der Waals surface area contributed by atoms with Gasteiger partial charge in [-0.3, -0.25) is 0 Å². The summed E-state index contributed by atoms with van der Waals surface area (Å²) in [5.41, 5.74) is 1.95. The van der Waals surface area contributed by atoms with Gasteiger partial charge in [-0.15, -0.1) is 11.3 Å². The maximum absolute atomic E-state index is 11.9. The molecule has 0 bridgehead atoms. The van der Waals surface area contributed by atoms with Gasteiger partial charge in [-0.2, -0.15) is 5.26 Å². The third-order valence-corrected chi connectivity index (χ3v) is 3.70. The van der Waals surface area contributed by atoms with Crippen LogP contribution in [-0.4, -0.2) is 5.97 Å². The van der Waals surface area contributed by atoms with Gasteiger partial charge in [-0.1, -0.05) is 30.3 Å². The van der Waals surface area contributed by atoms with E-state index in [-0.39, 0.29) is 12.2 Å². The first-order valence-electron chi connectivity index (χ1n) is 6.07. The fourth-order valence-corrected chi connectivity index (χ4v) is 2.46. The van der Waals surface area contributed by atoms with Crippen LogP contribution in [0.25, 0.3) is 6.08 Å². The molecule has 1 aromatic carbocycles. The van der Waals surface area contributed by atoms with Crippen molar-refractivity contribution in [2.75, 3.05) is 0 Å². The van der Waals surface area contributed by atoms with Gasteiger partial charge in [-0.05, 0) is 35.6 Å². The van der Waals surface area contributed by atoms with E-state index in [2.05, 4.69) is 0 Å². The van der Waals surface area contributed by atoms with Gasteiger partial charge in [0, 0.05) is 4.88 Å². The molecule has 0 spiro atoms. The van der Waals surface area contributed by atoms with Crippen LogP contribution < -0.4 is 0 Å². The molecule has 0 aliphatic heterocycles. The highest BCUT2D eigenvalue weighted by molar-refractivity contribution is 7.11. The topological polar surface area (TPSA) is 50.1 Å². The van der Waals surface area contributed by atoms with E-state index in [4.69, 9.17) is 10.00 Å². The zero-order chi connectivity index (χ0) is 14.4. The first-order chi connectivity index (χ1) is 9.70. The van der Waals surface area contributed by atoms with Crippen LogP contribution in [0.15, 0.2) is 47.4 Å². The highest BCUT2D eigenvalue weighted by atomic mass is 32.1. The number of carbonyl (C=O) groups excluding carboxylic acids is 1. The number of hydrogen-bond acceptors (Lipinski definition) is 4. The minimum atomic E-state index is -0.593. The Hall–Kier alpha value is -2.38. The Morgan fingerprint density at radius 3 is 2.70 bits per heavy atom. The number of esters is 1. The Morgan fingerprint density at radius 2 is 2.10 bits per heavy atom. The second-order valence-electron chi connectivity index (χ2n) is 4.20. The van der Waals surface area contributed by atoms with Crippen LogP contribution in [0.5, 0.6) is 0 Å². The summed E-state index contributed by atoms with van der Waals surface area (Å²) in [7, 11) is 0. The maximum Gasteiger partial charge on any atom is 0.349 e. The van der Waals surface area contributed by atoms with Gasteiger partial charge in [0.1, 0.15) is 18.2 Å². The Balaban J connectivity index is 2.05. The molecule has 0 aliphatic carbocycles. The number of rotatable bonds is 4. The van der Waals surface area contributed by atoms with Gasteiger partial charge < -0.3 is 4.74 Å². The van der Waals surface area contributed by atoms with E-state index in [1.165, 1.54) is 11.3 Å². The molecule has 0 atom stereocenters. The predicted molar refractivity (Wildman–Crippen MR) is 78.9 cm³/mol. The Bertz CT molecular complexity index is 665. The fraction of sp³-hybridized carbons (Fsp3) is 0.125. The van der Waals surface area contributed by atoms with Crippen molar-refractivity contribution in [2.24, 2.45) is 0 Å². The summed E-state index contributed by atoms with van der Waals surface area (Å²) in [6, 6.07) is 13.2. The Morgan fingerprint density at radius 1 is 1.35 bits per heavy atom. The molecule has 0 unspecified atom stereocenters. The van der Waals surface area contributed by atoms with Crippen molar-refractivity contribution in [3.8, 4) is 6.07 Å². The van der Waals surface area contributed by atoms with E-state index in [0.717, 1.165) is 16.0 Å². The van der Waals surface area contributed by atoms with Crippen molar-refractivity contribution < 1.29 is 9.53 Å². The molecule has 0 saturated heterocycles. The SMILES string of the molecule is Cc1ccsc1/C=C(\C#N)C(=O)OCc1ccccc1. The molecule has 3 nitrogen and oxygen atoms in total. The molecule has 0 radical (unpaired) electrons. The molecule has 2 aromatic rings. The number of hydrogen-bond donors (Lipinski definition) is 0. The molecule has 1 aromatic heterocycles. The number of carbonyl (C=O) groups is 1. The van der Waals surface area contributed by atoms with Gasteiger partial charge in [0.15, 0.2) is 0 Å². The van der Waals surface area contributed by atoms with Gasteiger partial charge >= 0.3 is 5.97 Å². The van der Waals surface area contributed by atoms with Gasteiger partial charge in [0.25, 0.3) is 0 Å². The summed E-state index contributed by atoms with van der Waals surface area (Å²) in [6.45, 7) is 2.11. The summed E-state index contributed by atoms with van der Waals surface area (Å²) in [6.07, 6.45) is 1.58. The average Bonchev–Trinajstić information content (AvgIpc) is 2.88. The predicted octanol–water partition coefficient (Wildman–Crippen LogP) is 3.71. The lowest BCUT2D eigenvalue weighted by atomic mass is 10.2. The smallest absolute Gasteiger partial charge is 0.349 e. The van der Waals surface area contributed by atoms with Crippen LogP contribution in [0, 0.1) is 18.3 Å². The molecule has 100 valence electrons. The number of benzene rings is 1. The molecule has 2 rings (SSSR count). The molecule has 0 aliphatic rings. The second kappa shape index (κ2) is 6.69. The Labute approximate surface area is 121 Å². The summed E-state index contributed by atoms with van der Waals surface area (Å²) in [5, 5.41) is 11.0. The highest BCUT2D eigenvalue weighted by Crippen LogP contribution is 2.19. The molecule has 0 fully saturated rings. The quantitative estimate of drug-likeness (QED) is 0.488. The number of nitrogens with zero attached hydrogens (tertiary/aromatic N) is 1. The van der Waals surface area contributed by atoms with Crippen LogP contribution in [0.2, 0.25) is 0 Å². The molecule has 4 heteroatoms. The van der Waals surface area contributed by atoms with Gasteiger partial charge in [0.05, 0.1) is 0 Å². The van der Waals surface area contributed by atoms with E-state index in [0.29, 0.717) is 0 Å². The summed E-state index contributed by atoms with van der Waals surface area (Å²) in [5.74, 6) is -0.593. The minimum absolute atomic E-state index is 0.0199. The normalized spacial score (nSPS) is 10.9. The van der Waals surface area contributed by atoms with Crippen LogP contribution in [0.3, 0.4) is 0 Å². The standard InChI is InChI=1S/C16H13NO2S/c1-12-7-8-20-15(12)9-14(10-17)16(18)19-11-13-5-3-2-4-6-13/h2-9H,11H2,1H3/b14-9+. The first-order valence-corrected chi connectivity index (χ1v) is 6.95. The van der Waals surface area contributed by atoms with Gasteiger partial charge in [-0.25, -0.2) is 4.79 Å². The van der Waals surface area contributed by atoms with Crippen LogP contribution >= 0.6 is 11.3 Å². The highest BCUT2D eigenvalue weighted by Gasteiger charge is 2.12. The van der Waals surface area contributed by atoms with Crippen molar-refractivity contribution in [3.63, 3.8) is 0 Å². The molecular formula is C16H13NO2S. The molecule has 0 amide bonds. The lowest BCUT2D eigenvalue weighted by molar-refractivity contribution is -0.139. The maximum atomic E-state index is 11.9. The van der Waals surface area contributed by atoms with Crippen LogP contribution in [-0.2, 0) is 16.1 Å². The van der Waals surface area contributed by atoms with Crippen molar-refractivity contribution in [1.29, 1.82) is 5.26 Å². The Kier molecular flexibility index (Phi) is 4.70. The lowest BCUT2D eigenvalue weighted by Gasteiger charge is -2.03. The van der Waals surface area contributed by atoms with Gasteiger partial charge in [0.2, 0.25) is 0 Å². The first kappa shape index (κ1) is 14.0. The van der Waals surface area contributed by atoms with Crippen LogP contribution in [0.1, 0.15) is 16.0 Å². The zero-order valence-corrected chi connectivity index (χ0v) is 11.8. The summed E-state index contributed by atoms with van der Waals surface area (Å²) in [4.78, 5) is 12.8. The molecule has 0 N–H and O–H groups in total. The van der Waals surface area contributed by atoms with E-state index >= 15 is 0 Å². The summed E-state index contributed by atoms with van der Waals surface area (Å²) < 4.78 is 5.14. The average molecular weight is 283 g/mol.